The Labute approximate surface area is 108 Å². The Balaban J connectivity index is 2.08. The molecule has 0 saturated carbocycles. The van der Waals surface area contributed by atoms with Gasteiger partial charge in [0.2, 0.25) is 5.95 Å². The van der Waals surface area contributed by atoms with Crippen LogP contribution in [0.15, 0.2) is 11.1 Å². The number of nitrogens with zero attached hydrogens (tertiary/aromatic N) is 3. The van der Waals surface area contributed by atoms with E-state index in [1.54, 1.807) is 4.57 Å². The molecule has 9 heteroatoms. The number of imidazole rings is 1. The van der Waals surface area contributed by atoms with E-state index in [2.05, 4.69) is 15.0 Å². The van der Waals surface area contributed by atoms with Crippen molar-refractivity contribution in [1.29, 1.82) is 0 Å². The highest BCUT2D eigenvalue weighted by Gasteiger charge is 2.35. The fraction of sp³-hybridized carbons (Fsp3) is 0.500. The molecule has 0 radical (unpaired) electrons. The quantitative estimate of drug-likeness (QED) is 0.664. The van der Waals surface area contributed by atoms with Crippen LogP contribution in [-0.4, -0.2) is 43.3 Å². The van der Waals surface area contributed by atoms with Gasteiger partial charge >= 0.3 is 0 Å². The number of nitrogens with two attached hydrogens (primary N) is 1. The summed E-state index contributed by atoms with van der Waals surface area (Å²) in [5.74, 6) is 0.0302. The standard InChI is InChI=1S/C10H14N5O3P/c11-10-13-8-7(9(17)14-10)12-4-15(8)6-1-2-19(18,3-6)5-16/h4,6,16H,1-3,5H2,(H3,11,13,14,17)/t6-,19?/m1/s1. The molecule has 0 amide bonds. The summed E-state index contributed by atoms with van der Waals surface area (Å²) in [6, 6.07) is -0.0586. The highest BCUT2D eigenvalue weighted by Crippen LogP contribution is 2.54. The lowest BCUT2D eigenvalue weighted by molar-refractivity contribution is 0.358. The molecule has 19 heavy (non-hydrogen) atoms. The lowest BCUT2D eigenvalue weighted by Gasteiger charge is -2.12. The van der Waals surface area contributed by atoms with Crippen molar-refractivity contribution in [3.05, 3.63) is 16.7 Å². The number of rotatable bonds is 2. The second-order valence-electron chi connectivity index (χ2n) is 4.82. The molecule has 3 heterocycles. The molecule has 0 aliphatic carbocycles. The van der Waals surface area contributed by atoms with E-state index < -0.39 is 7.14 Å². The molecular weight excluding hydrogens is 269 g/mol. The highest BCUT2D eigenvalue weighted by atomic mass is 31.2. The first-order valence-electron chi connectivity index (χ1n) is 5.93. The van der Waals surface area contributed by atoms with Crippen LogP contribution in [0.25, 0.3) is 11.2 Å². The molecule has 8 nitrogen and oxygen atoms in total. The van der Waals surface area contributed by atoms with Crippen molar-refractivity contribution in [2.75, 3.05) is 24.4 Å². The number of nitrogens with one attached hydrogen (secondary N) is 1. The average molecular weight is 283 g/mol. The lowest BCUT2D eigenvalue weighted by atomic mass is 10.2. The molecule has 102 valence electrons. The highest BCUT2D eigenvalue weighted by molar-refractivity contribution is 7.64. The summed E-state index contributed by atoms with van der Waals surface area (Å²) in [4.78, 5) is 22.2. The monoisotopic (exact) mass is 283 g/mol. The summed E-state index contributed by atoms with van der Waals surface area (Å²) in [7, 11) is -2.49. The number of nitrogen functional groups attached to an aromatic ring is 1. The molecule has 1 aliphatic heterocycles. The molecule has 2 aromatic heterocycles. The van der Waals surface area contributed by atoms with E-state index >= 15 is 0 Å². The SMILES string of the molecule is Nc1nc2c(ncn2[C@@H]2CCP(=O)(CO)C2)c(=O)[nH]1. The lowest BCUT2D eigenvalue weighted by Crippen LogP contribution is -2.14. The largest absolute Gasteiger partial charge is 0.389 e. The fourth-order valence-electron chi connectivity index (χ4n) is 2.52. The maximum Gasteiger partial charge on any atom is 0.280 e. The van der Waals surface area contributed by atoms with E-state index in [9.17, 15) is 9.36 Å². The first-order valence-corrected chi connectivity index (χ1v) is 8.19. The topological polar surface area (TPSA) is 127 Å². The van der Waals surface area contributed by atoms with Gasteiger partial charge in [-0.25, -0.2) is 4.98 Å². The van der Waals surface area contributed by atoms with Gasteiger partial charge in [0.25, 0.3) is 5.56 Å². The number of hydrogen-bond acceptors (Lipinski definition) is 6. The molecule has 0 aromatic carbocycles. The van der Waals surface area contributed by atoms with E-state index in [1.807, 2.05) is 0 Å². The van der Waals surface area contributed by atoms with E-state index in [4.69, 9.17) is 10.8 Å². The number of anilines is 1. The van der Waals surface area contributed by atoms with Crippen molar-refractivity contribution in [3.8, 4) is 0 Å². The minimum atomic E-state index is -2.49. The van der Waals surface area contributed by atoms with Crippen molar-refractivity contribution < 1.29 is 9.67 Å². The van der Waals surface area contributed by atoms with Crippen LogP contribution in [0.4, 0.5) is 5.95 Å². The van der Waals surface area contributed by atoms with E-state index in [1.165, 1.54) is 6.33 Å². The van der Waals surface area contributed by atoms with Gasteiger partial charge in [0.1, 0.15) is 7.14 Å². The second kappa shape index (κ2) is 4.18. The Bertz CT molecular complexity index is 736. The Morgan fingerprint density at radius 3 is 3.11 bits per heavy atom. The summed E-state index contributed by atoms with van der Waals surface area (Å²) in [5.41, 5.74) is 5.77. The van der Waals surface area contributed by atoms with Gasteiger partial charge in [0.05, 0.1) is 12.7 Å². The van der Waals surface area contributed by atoms with Crippen molar-refractivity contribution in [2.24, 2.45) is 0 Å². The first-order chi connectivity index (χ1) is 9.02. The van der Waals surface area contributed by atoms with Crippen LogP contribution in [0.5, 0.6) is 0 Å². The Morgan fingerprint density at radius 2 is 2.42 bits per heavy atom. The zero-order valence-electron chi connectivity index (χ0n) is 10.1. The molecule has 2 aromatic rings. The van der Waals surface area contributed by atoms with E-state index in [0.717, 1.165) is 0 Å². The van der Waals surface area contributed by atoms with Crippen molar-refractivity contribution >= 4 is 24.3 Å². The van der Waals surface area contributed by atoms with Crippen LogP contribution in [0.2, 0.25) is 0 Å². The molecule has 1 fully saturated rings. The van der Waals surface area contributed by atoms with Crippen LogP contribution in [0, 0.1) is 0 Å². The summed E-state index contributed by atoms with van der Waals surface area (Å²) in [6.07, 6.45) is 2.84. The summed E-state index contributed by atoms with van der Waals surface area (Å²) >= 11 is 0. The molecule has 3 rings (SSSR count). The first kappa shape index (κ1) is 12.4. The Kier molecular flexibility index (Phi) is 2.72. The molecule has 1 saturated heterocycles. The zero-order chi connectivity index (χ0) is 13.6. The van der Waals surface area contributed by atoms with Gasteiger partial charge in [-0.2, -0.15) is 4.98 Å². The van der Waals surface area contributed by atoms with Gasteiger partial charge in [-0.15, -0.1) is 0 Å². The zero-order valence-corrected chi connectivity index (χ0v) is 11.0. The van der Waals surface area contributed by atoms with Crippen LogP contribution < -0.4 is 11.3 Å². The molecule has 0 bridgehead atoms. The Morgan fingerprint density at radius 1 is 1.63 bits per heavy atom. The third-order valence-electron chi connectivity index (χ3n) is 3.52. The van der Waals surface area contributed by atoms with Gasteiger partial charge < -0.3 is 20.0 Å². The number of H-pyrrole nitrogens is 1. The fourth-order valence-corrected chi connectivity index (χ4v) is 4.85. The number of aliphatic hydroxyl groups is 1. The summed E-state index contributed by atoms with van der Waals surface area (Å²) in [5, 5.41) is 9.16. The van der Waals surface area contributed by atoms with Crippen LogP contribution >= 0.6 is 7.14 Å². The van der Waals surface area contributed by atoms with Gasteiger partial charge in [-0.1, -0.05) is 0 Å². The molecule has 4 N–H and O–H groups in total. The number of hydrogen-bond donors (Lipinski definition) is 3. The Hall–Kier alpha value is -1.66. The third-order valence-corrected chi connectivity index (χ3v) is 6.19. The number of aromatic amines is 1. The van der Waals surface area contributed by atoms with E-state index in [0.29, 0.717) is 24.4 Å². The normalized spacial score (nSPS) is 27.1. The molecule has 0 spiro atoms. The van der Waals surface area contributed by atoms with Crippen molar-refractivity contribution in [2.45, 2.75) is 12.5 Å². The second-order valence-corrected chi connectivity index (χ2v) is 8.03. The molecule has 2 atom stereocenters. The van der Waals surface area contributed by atoms with Gasteiger partial charge in [-0.3, -0.25) is 9.78 Å². The number of aliphatic hydroxyl groups excluding tert-OH is 1. The van der Waals surface area contributed by atoms with Crippen LogP contribution in [-0.2, 0) is 4.57 Å². The van der Waals surface area contributed by atoms with Crippen LogP contribution in [0.1, 0.15) is 12.5 Å². The maximum atomic E-state index is 12.2. The molecule has 1 aliphatic rings. The minimum Gasteiger partial charge on any atom is -0.389 e. The predicted octanol–water partition coefficient (Wildman–Crippen LogP) is -0.0405. The maximum absolute atomic E-state index is 12.2. The van der Waals surface area contributed by atoms with Crippen LogP contribution in [0.3, 0.4) is 0 Å². The predicted molar refractivity (Wildman–Crippen MR) is 70.6 cm³/mol. The average Bonchev–Trinajstić information content (AvgIpc) is 2.94. The number of fused-ring (bicyclic) bond motifs is 1. The summed E-state index contributed by atoms with van der Waals surface area (Å²) < 4.78 is 13.9. The van der Waals surface area contributed by atoms with Gasteiger partial charge in [0, 0.05) is 18.4 Å². The van der Waals surface area contributed by atoms with Gasteiger partial charge in [-0.05, 0) is 6.42 Å². The molecule has 1 unspecified atom stereocenters. The summed E-state index contributed by atoms with van der Waals surface area (Å²) in [6.45, 7) is 0. The number of aromatic nitrogens is 4. The van der Waals surface area contributed by atoms with E-state index in [-0.39, 0.29) is 29.4 Å². The van der Waals surface area contributed by atoms with Crippen molar-refractivity contribution in [1.82, 2.24) is 19.5 Å². The van der Waals surface area contributed by atoms with Gasteiger partial charge in [0.15, 0.2) is 11.2 Å². The minimum absolute atomic E-state index is 0.0302. The third kappa shape index (κ3) is 1.97. The smallest absolute Gasteiger partial charge is 0.280 e. The van der Waals surface area contributed by atoms with Crippen molar-refractivity contribution in [3.63, 3.8) is 0 Å². The molecular formula is C10H14N5O3P.